The van der Waals surface area contributed by atoms with Crippen molar-refractivity contribution in [3.63, 3.8) is 0 Å². The third-order valence-corrected chi connectivity index (χ3v) is 2.76. The van der Waals surface area contributed by atoms with Crippen LogP contribution in [-0.2, 0) is 11.3 Å². The Morgan fingerprint density at radius 1 is 1.35 bits per heavy atom. The number of nitrogens with one attached hydrogen (secondary N) is 2. The number of hydrogen-bond acceptors (Lipinski definition) is 3. The number of carbonyl (C=O) groups excluding carboxylic acids is 1. The van der Waals surface area contributed by atoms with Crippen molar-refractivity contribution < 1.29 is 4.79 Å². The van der Waals surface area contributed by atoms with Gasteiger partial charge in [-0.05, 0) is 38.0 Å². The van der Waals surface area contributed by atoms with Crippen LogP contribution in [0, 0.1) is 0 Å². The van der Waals surface area contributed by atoms with E-state index in [4.69, 9.17) is 0 Å². The molecule has 1 aromatic rings. The minimum absolute atomic E-state index is 0.0495. The molecule has 0 fully saturated rings. The van der Waals surface area contributed by atoms with Crippen LogP contribution in [0.25, 0.3) is 0 Å². The summed E-state index contributed by atoms with van der Waals surface area (Å²) in [6, 6.07) is 3.92. The van der Waals surface area contributed by atoms with Gasteiger partial charge in [0.1, 0.15) is 0 Å². The van der Waals surface area contributed by atoms with E-state index in [0.29, 0.717) is 6.54 Å². The van der Waals surface area contributed by atoms with Crippen molar-refractivity contribution in [2.24, 2.45) is 0 Å². The first kappa shape index (κ1) is 13.6. The van der Waals surface area contributed by atoms with Crippen molar-refractivity contribution in [2.45, 2.75) is 45.8 Å². The molecule has 94 valence electrons. The molecule has 2 atom stereocenters. The van der Waals surface area contributed by atoms with E-state index in [9.17, 15) is 4.79 Å². The summed E-state index contributed by atoms with van der Waals surface area (Å²) in [5.41, 5.74) is 1.13. The second kappa shape index (κ2) is 7.01. The zero-order valence-electron chi connectivity index (χ0n) is 10.7. The van der Waals surface area contributed by atoms with Gasteiger partial charge in [0, 0.05) is 25.0 Å². The number of pyridine rings is 1. The predicted octanol–water partition coefficient (Wildman–Crippen LogP) is 1.47. The first-order chi connectivity index (χ1) is 8.13. The molecule has 4 heteroatoms. The highest BCUT2D eigenvalue weighted by atomic mass is 16.2. The molecule has 0 aromatic carbocycles. The Morgan fingerprint density at radius 3 is 2.59 bits per heavy atom. The summed E-state index contributed by atoms with van der Waals surface area (Å²) < 4.78 is 0. The Morgan fingerprint density at radius 2 is 2.00 bits per heavy atom. The third kappa shape index (κ3) is 4.95. The van der Waals surface area contributed by atoms with Gasteiger partial charge >= 0.3 is 0 Å². The lowest BCUT2D eigenvalue weighted by atomic mass is 10.2. The van der Waals surface area contributed by atoms with E-state index < -0.39 is 0 Å². The molecule has 0 aliphatic rings. The normalized spacial score (nSPS) is 14.1. The monoisotopic (exact) mass is 235 g/mol. The molecule has 0 bridgehead atoms. The van der Waals surface area contributed by atoms with Gasteiger partial charge in [-0.2, -0.15) is 0 Å². The Bertz CT molecular complexity index is 340. The molecule has 0 spiro atoms. The van der Waals surface area contributed by atoms with Crippen LogP contribution < -0.4 is 10.6 Å². The van der Waals surface area contributed by atoms with Crippen molar-refractivity contribution in [3.8, 4) is 0 Å². The molecule has 2 unspecified atom stereocenters. The summed E-state index contributed by atoms with van der Waals surface area (Å²) in [5.74, 6) is 0.0495. The van der Waals surface area contributed by atoms with Crippen LogP contribution in [0.3, 0.4) is 0 Å². The molecule has 1 heterocycles. The molecule has 17 heavy (non-hydrogen) atoms. The molecule has 1 rings (SSSR count). The second-order valence-corrected chi connectivity index (χ2v) is 4.28. The van der Waals surface area contributed by atoms with E-state index in [1.54, 1.807) is 12.4 Å². The average molecular weight is 235 g/mol. The molecule has 2 N–H and O–H groups in total. The van der Waals surface area contributed by atoms with Crippen LogP contribution in [0.1, 0.15) is 32.8 Å². The molecule has 0 saturated carbocycles. The van der Waals surface area contributed by atoms with E-state index in [0.717, 1.165) is 12.0 Å². The Kier molecular flexibility index (Phi) is 5.63. The van der Waals surface area contributed by atoms with Gasteiger partial charge < -0.3 is 10.6 Å². The Hall–Kier alpha value is -1.42. The summed E-state index contributed by atoms with van der Waals surface area (Å²) in [5, 5.41) is 6.14. The number of rotatable bonds is 6. The fraction of sp³-hybridized carbons (Fsp3) is 0.538. The number of nitrogens with zero attached hydrogens (tertiary/aromatic N) is 1. The Balaban J connectivity index is 2.34. The van der Waals surface area contributed by atoms with Crippen LogP contribution in [0.15, 0.2) is 24.5 Å². The average Bonchev–Trinajstić information content (AvgIpc) is 2.36. The summed E-state index contributed by atoms with van der Waals surface area (Å²) in [7, 11) is 0. The van der Waals surface area contributed by atoms with Gasteiger partial charge in [0.05, 0.1) is 6.04 Å². The number of aromatic nitrogens is 1. The number of carbonyl (C=O) groups is 1. The van der Waals surface area contributed by atoms with E-state index in [-0.39, 0.29) is 18.0 Å². The third-order valence-electron chi connectivity index (χ3n) is 2.76. The summed E-state index contributed by atoms with van der Waals surface area (Å²) >= 11 is 0. The smallest absolute Gasteiger partial charge is 0.237 e. The molecule has 1 amide bonds. The van der Waals surface area contributed by atoms with Gasteiger partial charge in [-0.1, -0.05) is 6.92 Å². The molecule has 0 aliphatic heterocycles. The first-order valence-electron chi connectivity index (χ1n) is 6.06. The van der Waals surface area contributed by atoms with Crippen LogP contribution in [0.4, 0.5) is 0 Å². The Labute approximate surface area is 103 Å². The van der Waals surface area contributed by atoms with E-state index in [1.807, 2.05) is 26.0 Å². The molecule has 0 saturated heterocycles. The fourth-order valence-electron chi connectivity index (χ4n) is 1.33. The first-order valence-corrected chi connectivity index (χ1v) is 6.06. The minimum Gasteiger partial charge on any atom is -0.352 e. The van der Waals surface area contributed by atoms with Gasteiger partial charge in [-0.15, -0.1) is 0 Å². The zero-order chi connectivity index (χ0) is 12.7. The van der Waals surface area contributed by atoms with Crippen molar-refractivity contribution in [3.05, 3.63) is 30.1 Å². The standard InChI is InChI=1S/C13H21N3O/c1-4-10(2)16-13(17)11(3)15-9-12-5-7-14-8-6-12/h5-8,10-11,15H,4,9H2,1-3H3,(H,16,17). The highest BCUT2D eigenvalue weighted by Gasteiger charge is 2.13. The lowest BCUT2D eigenvalue weighted by Gasteiger charge is -2.17. The van der Waals surface area contributed by atoms with Crippen LogP contribution in [0.2, 0.25) is 0 Å². The highest BCUT2D eigenvalue weighted by Crippen LogP contribution is 1.97. The SMILES string of the molecule is CCC(C)NC(=O)C(C)NCc1ccncc1. The molecule has 0 aliphatic carbocycles. The molecular weight excluding hydrogens is 214 g/mol. The lowest BCUT2D eigenvalue weighted by molar-refractivity contribution is -0.123. The van der Waals surface area contributed by atoms with Gasteiger partial charge in [-0.3, -0.25) is 9.78 Å². The van der Waals surface area contributed by atoms with Gasteiger partial charge in [-0.25, -0.2) is 0 Å². The molecule has 1 aromatic heterocycles. The van der Waals surface area contributed by atoms with Crippen molar-refractivity contribution >= 4 is 5.91 Å². The van der Waals surface area contributed by atoms with E-state index in [2.05, 4.69) is 22.5 Å². The van der Waals surface area contributed by atoms with Crippen molar-refractivity contribution in [1.82, 2.24) is 15.6 Å². The second-order valence-electron chi connectivity index (χ2n) is 4.28. The van der Waals surface area contributed by atoms with E-state index >= 15 is 0 Å². The van der Waals surface area contributed by atoms with Crippen molar-refractivity contribution in [2.75, 3.05) is 0 Å². The summed E-state index contributed by atoms with van der Waals surface area (Å²) in [6.45, 7) is 6.62. The summed E-state index contributed by atoms with van der Waals surface area (Å²) in [6.07, 6.45) is 4.45. The fourth-order valence-corrected chi connectivity index (χ4v) is 1.33. The molecular formula is C13H21N3O. The van der Waals surface area contributed by atoms with Gasteiger partial charge in [0.25, 0.3) is 0 Å². The topological polar surface area (TPSA) is 54.0 Å². The van der Waals surface area contributed by atoms with Crippen LogP contribution in [-0.4, -0.2) is 23.0 Å². The predicted molar refractivity (Wildman–Crippen MR) is 68.4 cm³/mol. The lowest BCUT2D eigenvalue weighted by Crippen LogP contribution is -2.45. The van der Waals surface area contributed by atoms with Crippen LogP contribution >= 0.6 is 0 Å². The van der Waals surface area contributed by atoms with Gasteiger partial charge in [0.15, 0.2) is 0 Å². The highest BCUT2D eigenvalue weighted by molar-refractivity contribution is 5.81. The number of hydrogen-bond donors (Lipinski definition) is 2. The maximum atomic E-state index is 11.7. The largest absolute Gasteiger partial charge is 0.352 e. The summed E-state index contributed by atoms with van der Waals surface area (Å²) in [4.78, 5) is 15.7. The molecule has 0 radical (unpaired) electrons. The van der Waals surface area contributed by atoms with Crippen LogP contribution in [0.5, 0.6) is 0 Å². The van der Waals surface area contributed by atoms with Gasteiger partial charge in [0.2, 0.25) is 5.91 Å². The van der Waals surface area contributed by atoms with Crippen molar-refractivity contribution in [1.29, 1.82) is 0 Å². The van der Waals surface area contributed by atoms with E-state index in [1.165, 1.54) is 0 Å². The minimum atomic E-state index is -0.183. The maximum Gasteiger partial charge on any atom is 0.237 e. The quantitative estimate of drug-likeness (QED) is 0.785. The number of amides is 1. The maximum absolute atomic E-state index is 11.7. The zero-order valence-corrected chi connectivity index (χ0v) is 10.7. The molecule has 4 nitrogen and oxygen atoms in total.